The van der Waals surface area contributed by atoms with Crippen LogP contribution in [0, 0.1) is 0 Å². The van der Waals surface area contributed by atoms with Gasteiger partial charge >= 0.3 is 176 Å². The van der Waals surface area contributed by atoms with Crippen LogP contribution in [0.2, 0.25) is 0 Å². The van der Waals surface area contributed by atoms with E-state index in [-0.39, 0.29) is 0 Å². The number of hydrogen-bond donors (Lipinski definition) is 6. The molecule has 0 atom stereocenters. The molecule has 6 N–H and O–H groups in total. The summed E-state index contributed by atoms with van der Waals surface area (Å²) in [4.78, 5) is 0. The summed E-state index contributed by atoms with van der Waals surface area (Å²) in [5.74, 6) is 0. The zero-order valence-corrected chi connectivity index (χ0v) is 18.3. The van der Waals surface area contributed by atoms with Crippen molar-refractivity contribution >= 4 is 28.6 Å². The summed E-state index contributed by atoms with van der Waals surface area (Å²) in [7, 11) is -5.14. The predicted octanol–water partition coefficient (Wildman–Crippen LogP) is -4.55. The van der Waals surface area contributed by atoms with Gasteiger partial charge in [-0.05, 0) is 0 Å². The van der Waals surface area contributed by atoms with Gasteiger partial charge in [0, 0.05) is 0 Å². The van der Waals surface area contributed by atoms with Gasteiger partial charge in [0.25, 0.3) is 0 Å². The third-order valence-electron chi connectivity index (χ3n) is 5.75. The second kappa shape index (κ2) is 7.38. The molecule has 0 aromatic heterocycles. The molecular formula is C18H30CoN6O6. The van der Waals surface area contributed by atoms with Gasteiger partial charge in [0.1, 0.15) is 0 Å². The second-order valence-corrected chi connectivity index (χ2v) is 14.2. The topological polar surface area (TPSA) is 128 Å². The summed E-state index contributed by atoms with van der Waals surface area (Å²) >= 11 is 0. The Morgan fingerprint density at radius 2 is 0.548 bits per heavy atom. The van der Waals surface area contributed by atoms with Crippen LogP contribution in [0.15, 0.2) is 0 Å². The van der Waals surface area contributed by atoms with E-state index in [0.29, 0.717) is 107 Å². The Morgan fingerprint density at radius 3 is 0.677 bits per heavy atom. The third-order valence-corrected chi connectivity index (χ3v) is 14.9. The monoisotopic (exact) mass is 485 g/mol. The van der Waals surface area contributed by atoms with E-state index in [1.165, 1.54) is 0 Å². The Hall–Kier alpha value is -0.754. The van der Waals surface area contributed by atoms with E-state index in [9.17, 15) is 0 Å². The molecule has 6 saturated heterocycles. The number of hydrogen-bond acceptors (Lipinski definition) is 12. The van der Waals surface area contributed by atoms with Gasteiger partial charge in [-0.15, -0.1) is 0 Å². The fourth-order valence-corrected chi connectivity index (χ4v) is 14.3. The van der Waals surface area contributed by atoms with Gasteiger partial charge in [0.2, 0.25) is 0 Å². The van der Waals surface area contributed by atoms with Gasteiger partial charge in [-0.25, -0.2) is 0 Å². The molecule has 6 rings (SSSR count). The van der Waals surface area contributed by atoms with Gasteiger partial charge in [-0.2, -0.15) is 0 Å². The average Bonchev–Trinajstić information content (AvgIpc) is 3.68. The Morgan fingerprint density at radius 1 is 0.355 bits per heavy atom. The zero-order chi connectivity index (χ0) is 20.8. The molecule has 6 aliphatic rings. The molecule has 0 spiro atoms. The van der Waals surface area contributed by atoms with E-state index >= 15 is 0 Å². The molecule has 6 aliphatic heterocycles. The zero-order valence-electron chi connectivity index (χ0n) is 17.3. The molecule has 177 valence electrons. The Kier molecular flexibility index (Phi) is 4.95. The van der Waals surface area contributed by atoms with Crippen molar-refractivity contribution in [2.45, 2.75) is 0 Å². The van der Waals surface area contributed by atoms with Crippen molar-refractivity contribution in [1.82, 2.24) is 31.9 Å². The first-order valence-electron chi connectivity index (χ1n) is 10.6. The molecule has 6 fully saturated rings. The predicted molar refractivity (Wildman–Crippen MR) is 114 cm³/mol. The SMILES string of the molecule is C1CO[C](=[Co](=[C]2NCCO2)(=[C]2NCCO2)(=[C]2NCCO2)(=[C]2NCCO2)=[C]2NCCO2)N1. The van der Waals surface area contributed by atoms with Crippen LogP contribution in [0.1, 0.15) is 0 Å². The Labute approximate surface area is 176 Å². The van der Waals surface area contributed by atoms with E-state index in [1.54, 1.807) is 0 Å². The van der Waals surface area contributed by atoms with Gasteiger partial charge in [0.15, 0.2) is 0 Å². The van der Waals surface area contributed by atoms with Crippen molar-refractivity contribution in [1.29, 1.82) is 0 Å². The number of rotatable bonds is 0. The summed E-state index contributed by atoms with van der Waals surface area (Å²) in [5.41, 5.74) is 0. The van der Waals surface area contributed by atoms with E-state index < -0.39 is 7.92 Å². The summed E-state index contributed by atoms with van der Waals surface area (Å²) in [6.45, 7) is 6.60. The fraction of sp³-hybridized carbons (Fsp3) is 0.667. The van der Waals surface area contributed by atoms with E-state index in [4.69, 9.17) is 28.4 Å². The first-order valence-corrected chi connectivity index (χ1v) is 13.7. The van der Waals surface area contributed by atoms with Crippen molar-refractivity contribution in [3.05, 3.63) is 0 Å². The van der Waals surface area contributed by atoms with Crippen LogP contribution >= 0.6 is 0 Å². The van der Waals surface area contributed by atoms with Crippen LogP contribution in [0.4, 0.5) is 0 Å². The molecule has 12 nitrogen and oxygen atoms in total. The average molecular weight is 485 g/mol. The maximum atomic E-state index is 6.45. The third kappa shape index (κ3) is 2.12. The van der Waals surface area contributed by atoms with Crippen molar-refractivity contribution in [2.24, 2.45) is 0 Å². The molecule has 6 heterocycles. The molecular weight excluding hydrogens is 455 g/mol. The molecule has 13 heteroatoms. The summed E-state index contributed by atoms with van der Waals surface area (Å²) < 4.78 is 42.0. The van der Waals surface area contributed by atoms with Crippen LogP contribution in [-0.4, -0.2) is 107 Å². The van der Waals surface area contributed by atoms with Crippen molar-refractivity contribution in [3.63, 3.8) is 0 Å². The van der Waals surface area contributed by atoms with Gasteiger partial charge in [0.05, 0.1) is 0 Å². The van der Waals surface area contributed by atoms with Crippen LogP contribution in [-0.2, 0) is 36.3 Å². The molecule has 0 aliphatic carbocycles. The van der Waals surface area contributed by atoms with Crippen LogP contribution in [0.3, 0.4) is 0 Å². The standard InChI is InChI=1S/6C3H5NO.Co/c6*1-2-5-3-4-1;/h6*4H,1-2H2;. The Bertz CT molecular complexity index is 1120. The quantitative estimate of drug-likeness (QED) is 0.198. The summed E-state index contributed by atoms with van der Waals surface area (Å²) in [6.07, 6.45) is 0. The maximum absolute atomic E-state index is 6.45. The van der Waals surface area contributed by atoms with Crippen LogP contribution in [0.25, 0.3) is 0 Å². The van der Waals surface area contributed by atoms with E-state index in [1.807, 2.05) is 0 Å². The number of nitrogens with one attached hydrogen (secondary N) is 6. The molecule has 0 unspecified atom stereocenters. The molecule has 0 radical (unpaired) electrons. The normalized spacial score (nSPS) is 30.2. The van der Waals surface area contributed by atoms with Crippen molar-refractivity contribution < 1.29 is 36.3 Å². The minimum absolute atomic E-state index is 0.480. The van der Waals surface area contributed by atoms with Gasteiger partial charge in [-0.3, -0.25) is 0 Å². The number of ether oxygens (including phenoxy) is 6. The second-order valence-electron chi connectivity index (χ2n) is 7.42. The Balaban J connectivity index is 2.28. The van der Waals surface area contributed by atoms with Crippen LogP contribution in [0.5, 0.6) is 0 Å². The van der Waals surface area contributed by atoms with E-state index in [2.05, 4.69) is 31.9 Å². The first kappa shape index (κ1) is 20.8. The molecule has 0 amide bonds. The summed E-state index contributed by atoms with van der Waals surface area (Å²) in [6, 6.07) is 0. The van der Waals surface area contributed by atoms with Crippen LogP contribution < -0.4 is 31.9 Å². The van der Waals surface area contributed by atoms with E-state index in [0.717, 1.165) is 0 Å². The van der Waals surface area contributed by atoms with Crippen molar-refractivity contribution in [3.8, 4) is 0 Å². The molecule has 0 aromatic rings. The molecule has 0 bridgehead atoms. The minimum atomic E-state index is -5.14. The van der Waals surface area contributed by atoms with Gasteiger partial charge in [-0.1, -0.05) is 0 Å². The molecule has 31 heavy (non-hydrogen) atoms. The fourth-order valence-electron chi connectivity index (χ4n) is 4.62. The van der Waals surface area contributed by atoms with Crippen molar-refractivity contribution in [2.75, 3.05) is 78.9 Å². The summed E-state index contributed by atoms with van der Waals surface area (Å²) in [5, 5.41) is 21.1. The molecule has 0 aromatic carbocycles. The van der Waals surface area contributed by atoms with Gasteiger partial charge < -0.3 is 0 Å². The first-order chi connectivity index (χ1) is 15.3. The molecule has 0 saturated carbocycles.